The summed E-state index contributed by atoms with van der Waals surface area (Å²) >= 11 is 6.50. The fourth-order valence-corrected chi connectivity index (χ4v) is 2.46. The second-order valence-electron chi connectivity index (χ2n) is 5.08. The Morgan fingerprint density at radius 2 is 1.86 bits per heavy atom. The molecule has 0 atom stereocenters. The summed E-state index contributed by atoms with van der Waals surface area (Å²) in [6, 6.07) is 6.19. The van der Waals surface area contributed by atoms with Crippen molar-refractivity contribution in [3.05, 3.63) is 58.4 Å². The number of aryl methyl sites for hydroxylation is 3. The molecule has 0 aliphatic carbocycles. The third kappa shape index (κ3) is 2.65. The van der Waals surface area contributed by atoms with Crippen LogP contribution in [0.25, 0.3) is 5.69 Å². The second kappa shape index (κ2) is 5.73. The van der Waals surface area contributed by atoms with E-state index in [0.717, 1.165) is 28.1 Å². The van der Waals surface area contributed by atoms with Gasteiger partial charge in [0.1, 0.15) is 17.8 Å². The third-order valence-corrected chi connectivity index (χ3v) is 3.73. The first-order chi connectivity index (χ1) is 10.6. The molecule has 0 fully saturated rings. The Morgan fingerprint density at radius 3 is 2.59 bits per heavy atom. The highest BCUT2D eigenvalue weighted by atomic mass is 35.5. The summed E-state index contributed by atoms with van der Waals surface area (Å²) in [6.07, 6.45) is 4.68. The van der Waals surface area contributed by atoms with Gasteiger partial charge >= 0.3 is 0 Å². The zero-order chi connectivity index (χ0) is 15.7. The van der Waals surface area contributed by atoms with Crippen molar-refractivity contribution in [1.82, 2.24) is 24.7 Å². The highest BCUT2D eigenvalue weighted by Crippen LogP contribution is 2.24. The summed E-state index contributed by atoms with van der Waals surface area (Å²) in [5.74, 6) is 0. The number of nitrogens with zero attached hydrogens (tertiary/aromatic N) is 6. The largest absolute Gasteiger partial charge is 0.221 e. The SMILES string of the molecule is Cc1ccc(C)c(-n2nc(C)c(/C=N/n3cnnc3)c2Cl)c1. The van der Waals surface area contributed by atoms with E-state index in [1.165, 1.54) is 17.3 Å². The lowest BCUT2D eigenvalue weighted by atomic mass is 10.1. The fraction of sp³-hybridized carbons (Fsp3) is 0.200. The molecule has 0 saturated carbocycles. The summed E-state index contributed by atoms with van der Waals surface area (Å²) in [7, 11) is 0. The molecule has 0 bridgehead atoms. The molecule has 0 aliphatic heterocycles. The number of halogens is 1. The van der Waals surface area contributed by atoms with Crippen molar-refractivity contribution in [3.63, 3.8) is 0 Å². The van der Waals surface area contributed by atoms with Crippen molar-refractivity contribution in [2.75, 3.05) is 0 Å². The van der Waals surface area contributed by atoms with Crippen LogP contribution in [0.5, 0.6) is 0 Å². The Morgan fingerprint density at radius 1 is 1.14 bits per heavy atom. The maximum absolute atomic E-state index is 6.50. The van der Waals surface area contributed by atoms with Crippen LogP contribution in [0, 0.1) is 20.8 Å². The van der Waals surface area contributed by atoms with Gasteiger partial charge in [0, 0.05) is 0 Å². The minimum Gasteiger partial charge on any atom is -0.221 e. The van der Waals surface area contributed by atoms with Gasteiger partial charge in [-0.25, -0.2) is 9.36 Å². The van der Waals surface area contributed by atoms with Crippen molar-refractivity contribution in [2.45, 2.75) is 20.8 Å². The van der Waals surface area contributed by atoms with Gasteiger partial charge in [0.15, 0.2) is 0 Å². The number of hydrogen-bond donors (Lipinski definition) is 0. The highest BCUT2D eigenvalue weighted by molar-refractivity contribution is 6.32. The third-order valence-electron chi connectivity index (χ3n) is 3.37. The van der Waals surface area contributed by atoms with Gasteiger partial charge in [0.05, 0.1) is 23.2 Å². The van der Waals surface area contributed by atoms with E-state index < -0.39 is 0 Å². The molecule has 0 spiro atoms. The molecule has 0 N–H and O–H groups in total. The minimum atomic E-state index is 0.531. The standard InChI is InChI=1S/C15H15ClN6/c1-10-4-5-11(2)14(6-10)22-15(16)13(12(3)20-22)7-19-21-8-17-18-9-21/h4-9H,1-3H3/b19-7+. The van der Waals surface area contributed by atoms with Crippen molar-refractivity contribution >= 4 is 17.8 Å². The summed E-state index contributed by atoms with van der Waals surface area (Å²) in [4.78, 5) is 0. The van der Waals surface area contributed by atoms with Gasteiger partial charge in [0.25, 0.3) is 0 Å². The Labute approximate surface area is 133 Å². The van der Waals surface area contributed by atoms with Gasteiger partial charge in [-0.2, -0.15) is 10.2 Å². The van der Waals surface area contributed by atoms with Gasteiger partial charge in [0.2, 0.25) is 0 Å². The van der Waals surface area contributed by atoms with Crippen LogP contribution in [-0.4, -0.2) is 30.9 Å². The van der Waals surface area contributed by atoms with Gasteiger partial charge in [-0.3, -0.25) is 0 Å². The number of benzene rings is 1. The Hall–Kier alpha value is -2.47. The summed E-state index contributed by atoms with van der Waals surface area (Å²) in [5.41, 5.74) is 4.82. The van der Waals surface area contributed by atoms with E-state index in [1.807, 2.05) is 20.8 Å². The molecule has 0 aliphatic rings. The molecule has 22 heavy (non-hydrogen) atoms. The molecule has 3 aromatic rings. The van der Waals surface area contributed by atoms with Crippen LogP contribution in [0.15, 0.2) is 36.0 Å². The van der Waals surface area contributed by atoms with Crippen LogP contribution in [-0.2, 0) is 0 Å². The number of aromatic nitrogens is 5. The van der Waals surface area contributed by atoms with Crippen molar-refractivity contribution in [1.29, 1.82) is 0 Å². The highest BCUT2D eigenvalue weighted by Gasteiger charge is 2.14. The quantitative estimate of drug-likeness (QED) is 0.698. The van der Waals surface area contributed by atoms with Gasteiger partial charge in [-0.05, 0) is 38.0 Å². The normalized spacial score (nSPS) is 11.5. The molecule has 7 heteroatoms. The Kier molecular flexibility index (Phi) is 3.77. The lowest BCUT2D eigenvalue weighted by Crippen LogP contribution is -2.00. The topological polar surface area (TPSA) is 60.9 Å². The smallest absolute Gasteiger partial charge is 0.142 e. The molecule has 6 nitrogen and oxygen atoms in total. The molecule has 2 heterocycles. The van der Waals surface area contributed by atoms with E-state index in [4.69, 9.17) is 11.6 Å². The van der Waals surface area contributed by atoms with Crippen molar-refractivity contribution in [3.8, 4) is 5.69 Å². The summed E-state index contributed by atoms with van der Waals surface area (Å²) in [5, 5.41) is 16.7. The first kappa shape index (κ1) is 14.5. The molecule has 3 rings (SSSR count). The predicted molar refractivity (Wildman–Crippen MR) is 85.8 cm³/mol. The van der Waals surface area contributed by atoms with Gasteiger partial charge < -0.3 is 0 Å². The first-order valence-electron chi connectivity index (χ1n) is 6.78. The van der Waals surface area contributed by atoms with E-state index in [2.05, 4.69) is 38.6 Å². The Balaban J connectivity index is 2.05. The second-order valence-corrected chi connectivity index (χ2v) is 5.44. The Bertz CT molecular complexity index is 832. The van der Waals surface area contributed by atoms with Crippen molar-refractivity contribution in [2.24, 2.45) is 5.10 Å². The number of hydrogen-bond acceptors (Lipinski definition) is 4. The monoisotopic (exact) mass is 314 g/mol. The van der Waals surface area contributed by atoms with Crippen LogP contribution >= 0.6 is 11.6 Å². The molecule has 2 aromatic heterocycles. The molecule has 0 amide bonds. The average Bonchev–Trinajstić information content (AvgIpc) is 3.09. The van der Waals surface area contributed by atoms with Crippen LogP contribution in [0.2, 0.25) is 5.15 Å². The zero-order valence-corrected chi connectivity index (χ0v) is 13.3. The predicted octanol–water partition coefficient (Wildman–Crippen LogP) is 2.92. The zero-order valence-electron chi connectivity index (χ0n) is 12.5. The molecule has 1 aromatic carbocycles. The van der Waals surface area contributed by atoms with Gasteiger partial charge in [-0.15, -0.1) is 10.2 Å². The molecule has 0 unspecified atom stereocenters. The molecule has 0 saturated heterocycles. The lowest BCUT2D eigenvalue weighted by Gasteiger charge is -2.08. The number of rotatable bonds is 3. The molecule has 0 radical (unpaired) electrons. The fourth-order valence-electron chi connectivity index (χ4n) is 2.14. The van der Waals surface area contributed by atoms with E-state index in [0.29, 0.717) is 5.15 Å². The van der Waals surface area contributed by atoms with E-state index >= 15 is 0 Å². The average molecular weight is 315 g/mol. The minimum absolute atomic E-state index is 0.531. The molecular formula is C15H15ClN6. The lowest BCUT2D eigenvalue weighted by molar-refractivity contribution is 0.855. The first-order valence-corrected chi connectivity index (χ1v) is 7.16. The molecular weight excluding hydrogens is 300 g/mol. The maximum Gasteiger partial charge on any atom is 0.142 e. The van der Waals surface area contributed by atoms with Crippen LogP contribution in [0.4, 0.5) is 0 Å². The van der Waals surface area contributed by atoms with E-state index in [-0.39, 0.29) is 0 Å². The van der Waals surface area contributed by atoms with Gasteiger partial charge in [-0.1, -0.05) is 23.7 Å². The van der Waals surface area contributed by atoms with E-state index in [9.17, 15) is 0 Å². The molecule has 112 valence electrons. The summed E-state index contributed by atoms with van der Waals surface area (Å²) < 4.78 is 3.25. The maximum atomic E-state index is 6.50. The van der Waals surface area contributed by atoms with E-state index in [1.54, 1.807) is 10.9 Å². The van der Waals surface area contributed by atoms with Crippen LogP contribution in [0.3, 0.4) is 0 Å². The summed E-state index contributed by atoms with van der Waals surface area (Å²) in [6.45, 7) is 5.98. The van der Waals surface area contributed by atoms with Crippen LogP contribution in [0.1, 0.15) is 22.4 Å². The van der Waals surface area contributed by atoms with Crippen LogP contribution < -0.4 is 0 Å². The van der Waals surface area contributed by atoms with Crippen molar-refractivity contribution < 1.29 is 0 Å².